The maximum Gasteiger partial charge on any atom is 0.189 e. The number of hydrogen-bond acceptors (Lipinski definition) is 2. The van der Waals surface area contributed by atoms with E-state index in [1.54, 1.807) is 7.05 Å². The van der Waals surface area contributed by atoms with E-state index in [4.69, 9.17) is 5.11 Å². The molecule has 0 aliphatic rings. The van der Waals surface area contributed by atoms with Gasteiger partial charge in [-0.05, 0) is 6.07 Å². The summed E-state index contributed by atoms with van der Waals surface area (Å²) in [5.41, 5.74) is 0.176. The first-order chi connectivity index (χ1) is 7.54. The van der Waals surface area contributed by atoms with E-state index in [0.717, 1.165) is 12.1 Å². The predicted molar refractivity (Wildman–Crippen MR) is 55.0 cm³/mol. The van der Waals surface area contributed by atoms with Crippen LogP contribution in [0.2, 0.25) is 0 Å². The zero-order chi connectivity index (χ0) is 11.9. The molecule has 0 radical (unpaired) electrons. The lowest BCUT2D eigenvalue weighted by atomic mass is 10.1. The number of nitrogens with zero attached hydrogens (tertiary/aromatic N) is 1. The number of rotatable bonds is 1. The minimum Gasteiger partial charge on any atom is -0.390 e. The molecule has 0 fully saturated rings. The Morgan fingerprint density at radius 1 is 1.25 bits per heavy atom. The summed E-state index contributed by atoms with van der Waals surface area (Å²) in [6.07, 6.45) is 0. The average Bonchev–Trinajstić information content (AvgIpc) is 2.26. The number of halogens is 2. The van der Waals surface area contributed by atoms with Crippen LogP contribution in [0.3, 0.4) is 0 Å². The summed E-state index contributed by atoms with van der Waals surface area (Å²) >= 11 is 0. The maximum atomic E-state index is 13.0. The minimum absolute atomic E-state index is 0.0959. The molecule has 0 saturated carbocycles. The molecule has 0 spiro atoms. The molecule has 1 heterocycles. The number of pyridine rings is 1. The normalized spacial score (nSPS) is 11.0. The molecule has 1 aromatic carbocycles. The van der Waals surface area contributed by atoms with Gasteiger partial charge >= 0.3 is 0 Å². The minimum atomic E-state index is -1.05. The quantitative estimate of drug-likeness (QED) is 0.795. The van der Waals surface area contributed by atoms with Crippen molar-refractivity contribution in [3.8, 4) is 0 Å². The van der Waals surface area contributed by atoms with Crippen molar-refractivity contribution < 1.29 is 13.9 Å². The van der Waals surface area contributed by atoms with E-state index >= 15 is 0 Å². The summed E-state index contributed by atoms with van der Waals surface area (Å²) in [5, 5.41) is 9.09. The lowest BCUT2D eigenvalue weighted by Crippen LogP contribution is -2.12. The van der Waals surface area contributed by atoms with Crippen molar-refractivity contribution in [2.24, 2.45) is 7.05 Å². The van der Waals surface area contributed by atoms with Gasteiger partial charge in [0.1, 0.15) is 0 Å². The molecular weight excluding hydrogens is 216 g/mol. The number of aliphatic hydroxyl groups is 1. The fourth-order valence-electron chi connectivity index (χ4n) is 1.64. The fraction of sp³-hybridized carbons (Fsp3) is 0.182. The molecular formula is C11H9F2NO2. The number of aryl methyl sites for hydroxylation is 1. The highest BCUT2D eigenvalue weighted by Gasteiger charge is 2.10. The first-order valence-electron chi connectivity index (χ1n) is 4.63. The highest BCUT2D eigenvalue weighted by molar-refractivity contribution is 5.79. The van der Waals surface area contributed by atoms with Crippen molar-refractivity contribution in [1.29, 1.82) is 0 Å². The molecule has 0 amide bonds. The molecule has 0 saturated heterocycles. The van der Waals surface area contributed by atoms with E-state index in [-0.39, 0.29) is 17.5 Å². The summed E-state index contributed by atoms with van der Waals surface area (Å²) < 4.78 is 27.5. The van der Waals surface area contributed by atoms with E-state index in [2.05, 4.69) is 0 Å². The monoisotopic (exact) mass is 225 g/mol. The molecule has 0 aliphatic heterocycles. The smallest absolute Gasteiger partial charge is 0.189 e. The van der Waals surface area contributed by atoms with Gasteiger partial charge in [0.25, 0.3) is 0 Å². The van der Waals surface area contributed by atoms with Gasteiger partial charge in [-0.3, -0.25) is 4.79 Å². The fourth-order valence-corrected chi connectivity index (χ4v) is 1.64. The van der Waals surface area contributed by atoms with Gasteiger partial charge in [0.2, 0.25) is 0 Å². The van der Waals surface area contributed by atoms with Crippen LogP contribution in [0.25, 0.3) is 10.9 Å². The molecule has 0 atom stereocenters. The van der Waals surface area contributed by atoms with Gasteiger partial charge in [0.15, 0.2) is 17.1 Å². The Labute approximate surface area is 89.6 Å². The second-order valence-electron chi connectivity index (χ2n) is 3.50. The van der Waals surface area contributed by atoms with Crippen LogP contribution < -0.4 is 5.43 Å². The second kappa shape index (κ2) is 3.68. The van der Waals surface area contributed by atoms with Crippen molar-refractivity contribution in [2.45, 2.75) is 6.61 Å². The number of benzene rings is 1. The highest BCUT2D eigenvalue weighted by Crippen LogP contribution is 2.16. The Morgan fingerprint density at radius 2 is 1.88 bits per heavy atom. The molecule has 2 rings (SSSR count). The molecule has 0 aliphatic carbocycles. The standard InChI is InChI=1S/C11H9F2NO2/c1-14-6(5-15)2-11(16)7-3-8(12)9(13)4-10(7)14/h2-4,15H,5H2,1H3. The molecule has 2 aromatic rings. The van der Waals surface area contributed by atoms with Gasteiger partial charge in [-0.2, -0.15) is 0 Å². The Bertz CT molecular complexity index is 619. The molecule has 1 aromatic heterocycles. The van der Waals surface area contributed by atoms with Crippen molar-refractivity contribution in [3.05, 3.63) is 45.8 Å². The summed E-state index contributed by atoms with van der Waals surface area (Å²) in [5.74, 6) is -2.07. The SMILES string of the molecule is Cn1c(CO)cc(=O)c2cc(F)c(F)cc21. The number of fused-ring (bicyclic) bond motifs is 1. The van der Waals surface area contributed by atoms with Gasteiger partial charge in [0, 0.05) is 30.3 Å². The third kappa shape index (κ3) is 1.49. The molecule has 16 heavy (non-hydrogen) atoms. The Hall–Kier alpha value is -1.75. The molecule has 5 heteroatoms. The summed E-state index contributed by atoms with van der Waals surface area (Å²) in [6.45, 7) is -0.333. The van der Waals surface area contributed by atoms with E-state index in [0.29, 0.717) is 5.69 Å². The van der Waals surface area contributed by atoms with Gasteiger partial charge in [-0.15, -0.1) is 0 Å². The lowest BCUT2D eigenvalue weighted by Gasteiger charge is -2.10. The first kappa shape index (κ1) is 10.8. The van der Waals surface area contributed by atoms with E-state index < -0.39 is 17.1 Å². The van der Waals surface area contributed by atoms with Crippen LogP contribution in [0.15, 0.2) is 23.0 Å². The molecule has 0 bridgehead atoms. The predicted octanol–water partition coefficient (Wildman–Crippen LogP) is 1.31. The third-order valence-electron chi connectivity index (χ3n) is 2.56. The van der Waals surface area contributed by atoms with Crippen molar-refractivity contribution in [3.63, 3.8) is 0 Å². The van der Waals surface area contributed by atoms with Gasteiger partial charge in [0.05, 0.1) is 12.1 Å². The highest BCUT2D eigenvalue weighted by atomic mass is 19.2. The van der Waals surface area contributed by atoms with Crippen LogP contribution in [-0.4, -0.2) is 9.67 Å². The van der Waals surface area contributed by atoms with E-state index in [1.807, 2.05) is 0 Å². The molecule has 1 N–H and O–H groups in total. The van der Waals surface area contributed by atoms with Crippen LogP contribution >= 0.6 is 0 Å². The van der Waals surface area contributed by atoms with Crippen LogP contribution in [0.4, 0.5) is 8.78 Å². The second-order valence-corrected chi connectivity index (χ2v) is 3.50. The zero-order valence-corrected chi connectivity index (χ0v) is 8.50. The Balaban J connectivity index is 2.96. The van der Waals surface area contributed by atoms with Crippen LogP contribution in [0.1, 0.15) is 5.69 Å². The van der Waals surface area contributed by atoms with Gasteiger partial charge in [-0.25, -0.2) is 8.78 Å². The molecule has 3 nitrogen and oxygen atoms in total. The maximum absolute atomic E-state index is 13.0. The van der Waals surface area contributed by atoms with Crippen molar-refractivity contribution in [2.75, 3.05) is 0 Å². The van der Waals surface area contributed by atoms with Crippen LogP contribution in [-0.2, 0) is 13.7 Å². The zero-order valence-electron chi connectivity index (χ0n) is 8.50. The largest absolute Gasteiger partial charge is 0.390 e. The Morgan fingerprint density at radius 3 is 2.50 bits per heavy atom. The van der Waals surface area contributed by atoms with Crippen molar-refractivity contribution in [1.82, 2.24) is 4.57 Å². The van der Waals surface area contributed by atoms with Gasteiger partial charge in [-0.1, -0.05) is 0 Å². The number of aromatic nitrogens is 1. The van der Waals surface area contributed by atoms with E-state index in [9.17, 15) is 13.6 Å². The summed E-state index contributed by atoms with van der Waals surface area (Å²) in [6, 6.07) is 3.03. The average molecular weight is 225 g/mol. The van der Waals surface area contributed by atoms with Crippen molar-refractivity contribution >= 4 is 10.9 Å². The van der Waals surface area contributed by atoms with Crippen LogP contribution in [0.5, 0.6) is 0 Å². The molecule has 84 valence electrons. The van der Waals surface area contributed by atoms with Crippen LogP contribution in [0, 0.1) is 11.6 Å². The first-order valence-corrected chi connectivity index (χ1v) is 4.63. The Kier molecular flexibility index (Phi) is 2.47. The number of aliphatic hydroxyl groups excluding tert-OH is 1. The summed E-state index contributed by atoms with van der Waals surface area (Å²) in [7, 11) is 1.57. The summed E-state index contributed by atoms with van der Waals surface area (Å²) in [4.78, 5) is 11.6. The third-order valence-corrected chi connectivity index (χ3v) is 2.56. The van der Waals surface area contributed by atoms with Gasteiger partial charge < -0.3 is 9.67 Å². The topological polar surface area (TPSA) is 42.2 Å². The number of hydrogen-bond donors (Lipinski definition) is 1. The lowest BCUT2D eigenvalue weighted by molar-refractivity contribution is 0.272. The molecule has 0 unspecified atom stereocenters. The van der Waals surface area contributed by atoms with E-state index in [1.165, 1.54) is 10.6 Å².